The van der Waals surface area contributed by atoms with Crippen LogP contribution in [0.1, 0.15) is 36.5 Å². The number of thioether (sulfide) groups is 1. The first-order valence-electron chi connectivity index (χ1n) is 8.94. The molecule has 1 amide bonds. The Hall–Kier alpha value is -2.55. The van der Waals surface area contributed by atoms with Gasteiger partial charge in [0.05, 0.1) is 25.5 Å². The van der Waals surface area contributed by atoms with Crippen LogP contribution in [0.3, 0.4) is 0 Å². The summed E-state index contributed by atoms with van der Waals surface area (Å²) >= 11 is 1.31. The van der Waals surface area contributed by atoms with Crippen molar-refractivity contribution >= 4 is 23.5 Å². The van der Waals surface area contributed by atoms with E-state index in [0.717, 1.165) is 0 Å². The van der Waals surface area contributed by atoms with Crippen LogP contribution in [0.2, 0.25) is 0 Å². The molecule has 1 aromatic heterocycles. The fourth-order valence-electron chi connectivity index (χ4n) is 2.63. The second-order valence-corrected chi connectivity index (χ2v) is 7.59. The van der Waals surface area contributed by atoms with Crippen molar-refractivity contribution < 1.29 is 19.1 Å². The third kappa shape index (κ3) is 5.72. The van der Waals surface area contributed by atoms with E-state index in [1.54, 1.807) is 25.3 Å². The summed E-state index contributed by atoms with van der Waals surface area (Å²) in [5, 5.41) is 9.03. The SMILES string of the molecule is COc1ccc(OC)c(C(=O)CSc2nnc(CCC(N)=O)n2CC(C)C)c1. The molecule has 152 valence electrons. The summed E-state index contributed by atoms with van der Waals surface area (Å²) in [4.78, 5) is 23.8. The van der Waals surface area contributed by atoms with Crippen LogP contribution in [0.5, 0.6) is 11.5 Å². The highest BCUT2D eigenvalue weighted by Crippen LogP contribution is 2.27. The van der Waals surface area contributed by atoms with Gasteiger partial charge in [-0.15, -0.1) is 10.2 Å². The second-order valence-electron chi connectivity index (χ2n) is 6.65. The zero-order chi connectivity index (χ0) is 20.7. The van der Waals surface area contributed by atoms with E-state index in [0.29, 0.717) is 46.9 Å². The molecule has 0 unspecified atom stereocenters. The first kappa shape index (κ1) is 21.7. The number of ketones is 1. The van der Waals surface area contributed by atoms with Gasteiger partial charge in [-0.1, -0.05) is 25.6 Å². The van der Waals surface area contributed by atoms with Gasteiger partial charge in [-0.05, 0) is 24.1 Å². The number of hydrogen-bond acceptors (Lipinski definition) is 7. The molecule has 0 spiro atoms. The summed E-state index contributed by atoms with van der Waals surface area (Å²) in [6, 6.07) is 5.12. The molecule has 1 heterocycles. The number of hydrogen-bond donors (Lipinski definition) is 1. The zero-order valence-corrected chi connectivity index (χ0v) is 17.4. The van der Waals surface area contributed by atoms with E-state index in [9.17, 15) is 9.59 Å². The van der Waals surface area contributed by atoms with Gasteiger partial charge in [-0.25, -0.2) is 0 Å². The van der Waals surface area contributed by atoms with Crippen LogP contribution in [0.15, 0.2) is 23.4 Å². The summed E-state index contributed by atoms with van der Waals surface area (Å²) < 4.78 is 12.4. The van der Waals surface area contributed by atoms with Gasteiger partial charge in [0, 0.05) is 19.4 Å². The number of aryl methyl sites for hydroxylation is 1. The maximum absolute atomic E-state index is 12.7. The Morgan fingerprint density at radius 2 is 1.96 bits per heavy atom. The maximum Gasteiger partial charge on any atom is 0.217 e. The number of benzene rings is 1. The van der Waals surface area contributed by atoms with Crippen LogP contribution in [0.4, 0.5) is 0 Å². The Morgan fingerprint density at radius 1 is 1.21 bits per heavy atom. The molecule has 0 aliphatic rings. The normalized spacial score (nSPS) is 10.9. The third-order valence-electron chi connectivity index (χ3n) is 3.98. The van der Waals surface area contributed by atoms with E-state index < -0.39 is 0 Å². The van der Waals surface area contributed by atoms with E-state index in [2.05, 4.69) is 24.0 Å². The van der Waals surface area contributed by atoms with E-state index in [1.807, 2.05) is 4.57 Å². The number of ether oxygens (including phenoxy) is 2. The average molecular weight is 407 g/mol. The molecule has 8 nitrogen and oxygen atoms in total. The molecule has 28 heavy (non-hydrogen) atoms. The summed E-state index contributed by atoms with van der Waals surface area (Å²) in [5.41, 5.74) is 5.70. The molecule has 2 rings (SSSR count). The molecule has 2 N–H and O–H groups in total. The number of methoxy groups -OCH3 is 2. The molecule has 0 radical (unpaired) electrons. The molecule has 1 aromatic carbocycles. The Bertz CT molecular complexity index is 835. The van der Waals surface area contributed by atoms with Crippen LogP contribution in [0.25, 0.3) is 0 Å². The molecule has 0 bridgehead atoms. The zero-order valence-electron chi connectivity index (χ0n) is 16.6. The van der Waals surface area contributed by atoms with Crippen molar-refractivity contribution in [3.05, 3.63) is 29.6 Å². The largest absolute Gasteiger partial charge is 0.497 e. The lowest BCUT2D eigenvalue weighted by molar-refractivity contribution is -0.118. The standard InChI is InChI=1S/C19H26N4O4S/c1-12(2)10-23-18(8-7-17(20)25)21-22-19(23)28-11-15(24)14-9-13(26-3)5-6-16(14)27-4/h5-6,9,12H,7-8,10-11H2,1-4H3,(H2,20,25). The molecule has 9 heteroatoms. The fraction of sp³-hybridized carbons (Fsp3) is 0.474. The van der Waals surface area contributed by atoms with Crippen molar-refractivity contribution in [2.45, 2.75) is 38.4 Å². The minimum atomic E-state index is -0.381. The van der Waals surface area contributed by atoms with Crippen molar-refractivity contribution in [3.8, 4) is 11.5 Å². The van der Waals surface area contributed by atoms with Crippen LogP contribution >= 0.6 is 11.8 Å². The lowest BCUT2D eigenvalue weighted by Gasteiger charge is -2.12. The van der Waals surface area contributed by atoms with Gasteiger partial charge >= 0.3 is 0 Å². The highest BCUT2D eigenvalue weighted by Gasteiger charge is 2.18. The van der Waals surface area contributed by atoms with Gasteiger partial charge in [0.25, 0.3) is 0 Å². The van der Waals surface area contributed by atoms with Gasteiger partial charge < -0.3 is 19.8 Å². The lowest BCUT2D eigenvalue weighted by atomic mass is 10.1. The lowest BCUT2D eigenvalue weighted by Crippen LogP contribution is -2.15. The quantitative estimate of drug-likeness (QED) is 0.450. The van der Waals surface area contributed by atoms with E-state index in [1.165, 1.54) is 18.9 Å². The number of amides is 1. The summed E-state index contributed by atoms with van der Waals surface area (Å²) in [6.07, 6.45) is 0.633. The molecule has 2 aromatic rings. The van der Waals surface area contributed by atoms with Gasteiger partial charge in [0.1, 0.15) is 17.3 Å². The number of nitrogens with two attached hydrogens (primary N) is 1. The van der Waals surface area contributed by atoms with Crippen molar-refractivity contribution in [3.63, 3.8) is 0 Å². The van der Waals surface area contributed by atoms with Gasteiger partial charge in [-0.2, -0.15) is 0 Å². The number of carbonyl (C=O) groups is 2. The molecule has 0 aliphatic heterocycles. The maximum atomic E-state index is 12.7. The summed E-state index contributed by atoms with van der Waals surface area (Å²) in [7, 11) is 3.07. The van der Waals surface area contributed by atoms with Crippen LogP contribution in [-0.2, 0) is 17.8 Å². The number of carbonyl (C=O) groups excluding carboxylic acids is 2. The molecule has 0 fully saturated rings. The minimum absolute atomic E-state index is 0.0986. The highest BCUT2D eigenvalue weighted by molar-refractivity contribution is 7.99. The van der Waals surface area contributed by atoms with Crippen molar-refractivity contribution in [1.29, 1.82) is 0 Å². The average Bonchev–Trinajstić information content (AvgIpc) is 3.04. The molecule has 0 saturated carbocycles. The Labute approximate surface area is 168 Å². The van der Waals surface area contributed by atoms with Gasteiger partial charge in [-0.3, -0.25) is 9.59 Å². The Morgan fingerprint density at radius 3 is 2.57 bits per heavy atom. The minimum Gasteiger partial charge on any atom is -0.497 e. The topological polar surface area (TPSA) is 109 Å². The van der Waals surface area contributed by atoms with Gasteiger partial charge in [0.2, 0.25) is 5.91 Å². The monoisotopic (exact) mass is 406 g/mol. The number of nitrogens with zero attached hydrogens (tertiary/aromatic N) is 3. The summed E-state index contributed by atoms with van der Waals surface area (Å²) in [5.74, 6) is 1.84. The van der Waals surface area contributed by atoms with Crippen LogP contribution < -0.4 is 15.2 Å². The third-order valence-corrected chi connectivity index (χ3v) is 4.94. The first-order chi connectivity index (χ1) is 13.3. The highest BCUT2D eigenvalue weighted by atomic mass is 32.2. The van der Waals surface area contributed by atoms with Crippen molar-refractivity contribution in [1.82, 2.24) is 14.8 Å². The number of aromatic nitrogens is 3. The molecular formula is C19H26N4O4S. The predicted molar refractivity (Wildman–Crippen MR) is 107 cm³/mol. The number of primary amides is 1. The fourth-order valence-corrected chi connectivity index (χ4v) is 3.48. The molecule has 0 atom stereocenters. The first-order valence-corrected chi connectivity index (χ1v) is 9.92. The second kappa shape index (κ2) is 10.1. The number of Topliss-reactive ketones (excluding diaryl/α,β-unsaturated/α-hetero) is 1. The van der Waals surface area contributed by atoms with Gasteiger partial charge in [0.15, 0.2) is 10.9 Å². The number of rotatable bonds is 11. The smallest absolute Gasteiger partial charge is 0.217 e. The predicted octanol–water partition coefficient (Wildman–Crippen LogP) is 2.34. The van der Waals surface area contributed by atoms with Crippen LogP contribution in [0, 0.1) is 5.92 Å². The van der Waals surface area contributed by atoms with E-state index in [4.69, 9.17) is 15.2 Å². The Kier molecular flexibility index (Phi) is 7.86. The summed E-state index contributed by atoms with van der Waals surface area (Å²) in [6.45, 7) is 4.86. The molecular weight excluding hydrogens is 380 g/mol. The van der Waals surface area contributed by atoms with Crippen molar-refractivity contribution in [2.24, 2.45) is 11.7 Å². The molecule has 0 saturated heterocycles. The van der Waals surface area contributed by atoms with E-state index in [-0.39, 0.29) is 23.9 Å². The van der Waals surface area contributed by atoms with E-state index >= 15 is 0 Å². The Balaban J connectivity index is 2.17. The van der Waals surface area contributed by atoms with Crippen LogP contribution in [-0.4, -0.2) is 46.4 Å². The van der Waals surface area contributed by atoms with Crippen molar-refractivity contribution in [2.75, 3.05) is 20.0 Å². The molecule has 0 aliphatic carbocycles.